The van der Waals surface area contributed by atoms with Crippen LogP contribution in [0, 0.1) is 11.8 Å². The second-order valence-electron chi connectivity index (χ2n) is 5.78. The topological polar surface area (TPSA) is 43.4 Å². The van der Waals surface area contributed by atoms with Gasteiger partial charge in [0.15, 0.2) is 0 Å². The summed E-state index contributed by atoms with van der Waals surface area (Å²) in [6.45, 7) is 4.37. The SMILES string of the molecule is CCCCC1=C(CCCC)CC2C(=O)OC(=O)C2C1. The second-order valence-corrected chi connectivity index (χ2v) is 5.78. The average Bonchev–Trinajstić information content (AvgIpc) is 2.68. The quantitative estimate of drug-likeness (QED) is 0.416. The Bertz CT molecular complexity index is 359. The fourth-order valence-electron chi connectivity index (χ4n) is 3.19. The van der Waals surface area contributed by atoms with E-state index < -0.39 is 0 Å². The lowest BCUT2D eigenvalue weighted by atomic mass is 9.74. The van der Waals surface area contributed by atoms with Crippen molar-refractivity contribution in [3.8, 4) is 0 Å². The van der Waals surface area contributed by atoms with Crippen LogP contribution >= 0.6 is 0 Å². The summed E-state index contributed by atoms with van der Waals surface area (Å²) in [6.07, 6.45) is 8.36. The molecule has 2 aliphatic rings. The normalized spacial score (nSPS) is 26.6. The van der Waals surface area contributed by atoms with Crippen LogP contribution in [0.1, 0.15) is 65.2 Å². The van der Waals surface area contributed by atoms with E-state index in [4.69, 9.17) is 4.74 Å². The van der Waals surface area contributed by atoms with Gasteiger partial charge < -0.3 is 4.74 Å². The molecule has 1 heterocycles. The fourth-order valence-corrected chi connectivity index (χ4v) is 3.19. The number of hydrogen-bond acceptors (Lipinski definition) is 3. The second kappa shape index (κ2) is 6.36. The first-order valence-electron chi connectivity index (χ1n) is 7.62. The van der Waals surface area contributed by atoms with Crippen LogP contribution in [-0.2, 0) is 14.3 Å². The molecule has 0 spiro atoms. The first-order valence-corrected chi connectivity index (χ1v) is 7.62. The fraction of sp³-hybridized carbons (Fsp3) is 0.750. The minimum atomic E-state index is -0.293. The number of cyclic esters (lactones) is 2. The summed E-state index contributed by atoms with van der Waals surface area (Å²) in [6, 6.07) is 0. The number of rotatable bonds is 6. The average molecular weight is 264 g/mol. The minimum absolute atomic E-state index is 0.190. The van der Waals surface area contributed by atoms with E-state index in [0.29, 0.717) is 0 Å². The van der Waals surface area contributed by atoms with Crippen molar-refractivity contribution in [2.24, 2.45) is 11.8 Å². The molecular weight excluding hydrogens is 240 g/mol. The van der Waals surface area contributed by atoms with Crippen LogP contribution in [0.5, 0.6) is 0 Å². The van der Waals surface area contributed by atoms with Crippen molar-refractivity contribution >= 4 is 11.9 Å². The summed E-state index contributed by atoms with van der Waals surface area (Å²) >= 11 is 0. The number of carbonyl (C=O) groups is 2. The Hall–Kier alpha value is -1.12. The highest BCUT2D eigenvalue weighted by molar-refractivity contribution is 5.97. The van der Waals surface area contributed by atoms with E-state index in [0.717, 1.165) is 25.7 Å². The molecule has 0 aromatic rings. The van der Waals surface area contributed by atoms with Crippen molar-refractivity contribution in [1.29, 1.82) is 0 Å². The zero-order valence-corrected chi connectivity index (χ0v) is 12.0. The van der Waals surface area contributed by atoms with Crippen LogP contribution in [0.15, 0.2) is 11.1 Å². The van der Waals surface area contributed by atoms with Crippen molar-refractivity contribution in [3.05, 3.63) is 11.1 Å². The lowest BCUT2D eigenvalue weighted by Gasteiger charge is -2.26. The van der Waals surface area contributed by atoms with Crippen LogP contribution < -0.4 is 0 Å². The van der Waals surface area contributed by atoms with E-state index in [1.54, 1.807) is 0 Å². The molecule has 0 aromatic carbocycles. The molecule has 1 aliphatic heterocycles. The Balaban J connectivity index is 2.14. The number of carbonyl (C=O) groups excluding carboxylic acids is 2. The van der Waals surface area contributed by atoms with Gasteiger partial charge in [-0.25, -0.2) is 0 Å². The van der Waals surface area contributed by atoms with E-state index >= 15 is 0 Å². The first-order chi connectivity index (χ1) is 9.17. The minimum Gasteiger partial charge on any atom is -0.393 e. The van der Waals surface area contributed by atoms with Gasteiger partial charge in [-0.3, -0.25) is 9.59 Å². The molecule has 1 fully saturated rings. The van der Waals surface area contributed by atoms with E-state index in [2.05, 4.69) is 13.8 Å². The number of esters is 2. The van der Waals surface area contributed by atoms with E-state index in [9.17, 15) is 9.59 Å². The number of fused-ring (bicyclic) bond motifs is 1. The van der Waals surface area contributed by atoms with Crippen LogP contribution in [0.3, 0.4) is 0 Å². The van der Waals surface area contributed by atoms with Gasteiger partial charge in [0, 0.05) is 0 Å². The molecule has 2 atom stereocenters. The first kappa shape index (κ1) is 14.3. The molecule has 3 nitrogen and oxygen atoms in total. The van der Waals surface area contributed by atoms with Gasteiger partial charge in [-0.1, -0.05) is 37.8 Å². The third kappa shape index (κ3) is 3.07. The van der Waals surface area contributed by atoms with Crippen LogP contribution in [0.4, 0.5) is 0 Å². The summed E-state index contributed by atoms with van der Waals surface area (Å²) in [5, 5.41) is 0. The molecule has 1 aliphatic carbocycles. The zero-order chi connectivity index (χ0) is 13.8. The summed E-state index contributed by atoms with van der Waals surface area (Å²) in [5.74, 6) is -0.966. The van der Waals surface area contributed by atoms with Gasteiger partial charge in [0.1, 0.15) is 0 Å². The molecule has 106 valence electrons. The maximum absolute atomic E-state index is 11.7. The van der Waals surface area contributed by atoms with Gasteiger partial charge in [0.2, 0.25) is 0 Å². The number of unbranched alkanes of at least 4 members (excludes halogenated alkanes) is 2. The lowest BCUT2D eigenvalue weighted by molar-refractivity contribution is -0.153. The molecule has 2 unspecified atom stereocenters. The Morgan fingerprint density at radius 2 is 1.32 bits per heavy atom. The van der Waals surface area contributed by atoms with Crippen molar-refractivity contribution in [1.82, 2.24) is 0 Å². The van der Waals surface area contributed by atoms with Gasteiger partial charge in [0.05, 0.1) is 11.8 Å². The van der Waals surface area contributed by atoms with Crippen molar-refractivity contribution < 1.29 is 14.3 Å². The summed E-state index contributed by atoms with van der Waals surface area (Å²) in [5.41, 5.74) is 2.87. The number of allylic oxidation sites excluding steroid dienone is 2. The Kier molecular flexibility index (Phi) is 4.78. The predicted octanol–water partition coefficient (Wildman–Crippen LogP) is 3.77. The Labute approximate surface area is 115 Å². The summed E-state index contributed by atoms with van der Waals surface area (Å²) in [4.78, 5) is 23.4. The lowest BCUT2D eigenvalue weighted by Crippen LogP contribution is -2.24. The molecule has 0 saturated carbocycles. The van der Waals surface area contributed by atoms with E-state index in [1.165, 1.54) is 36.8 Å². The molecule has 0 bridgehead atoms. The zero-order valence-electron chi connectivity index (χ0n) is 12.0. The van der Waals surface area contributed by atoms with Crippen molar-refractivity contribution in [2.45, 2.75) is 65.2 Å². The van der Waals surface area contributed by atoms with Gasteiger partial charge >= 0.3 is 11.9 Å². The summed E-state index contributed by atoms with van der Waals surface area (Å²) < 4.78 is 4.81. The molecular formula is C16H24O3. The summed E-state index contributed by atoms with van der Waals surface area (Å²) in [7, 11) is 0. The van der Waals surface area contributed by atoms with Crippen molar-refractivity contribution in [2.75, 3.05) is 0 Å². The molecule has 0 radical (unpaired) electrons. The highest BCUT2D eigenvalue weighted by atomic mass is 16.6. The Morgan fingerprint density at radius 3 is 1.68 bits per heavy atom. The largest absolute Gasteiger partial charge is 0.393 e. The smallest absolute Gasteiger partial charge is 0.317 e. The standard InChI is InChI=1S/C16H24O3/c1-3-5-7-11-9-13-14(16(18)19-15(13)17)10-12(11)8-6-4-2/h13-14H,3-10H2,1-2H3. The molecule has 0 N–H and O–H groups in total. The van der Waals surface area contributed by atoms with Crippen LogP contribution in [0.25, 0.3) is 0 Å². The van der Waals surface area contributed by atoms with Gasteiger partial charge in [-0.05, 0) is 38.5 Å². The maximum Gasteiger partial charge on any atom is 0.317 e. The number of hydrogen-bond donors (Lipinski definition) is 0. The number of ether oxygens (including phenoxy) is 1. The van der Waals surface area contributed by atoms with Gasteiger partial charge in [0.25, 0.3) is 0 Å². The van der Waals surface area contributed by atoms with Crippen LogP contribution in [0.2, 0.25) is 0 Å². The monoisotopic (exact) mass is 264 g/mol. The van der Waals surface area contributed by atoms with Gasteiger partial charge in [-0.2, -0.15) is 0 Å². The maximum atomic E-state index is 11.7. The molecule has 1 saturated heterocycles. The van der Waals surface area contributed by atoms with Crippen molar-refractivity contribution in [3.63, 3.8) is 0 Å². The predicted molar refractivity (Wildman–Crippen MR) is 73.4 cm³/mol. The molecule has 19 heavy (non-hydrogen) atoms. The third-order valence-electron chi connectivity index (χ3n) is 4.39. The van der Waals surface area contributed by atoms with Gasteiger partial charge in [-0.15, -0.1) is 0 Å². The molecule has 3 heteroatoms. The highest BCUT2D eigenvalue weighted by Gasteiger charge is 2.46. The molecule has 0 amide bonds. The third-order valence-corrected chi connectivity index (χ3v) is 4.39. The van der Waals surface area contributed by atoms with E-state index in [1.807, 2.05) is 0 Å². The van der Waals surface area contributed by atoms with E-state index in [-0.39, 0.29) is 23.8 Å². The molecule has 2 rings (SSSR count). The highest BCUT2D eigenvalue weighted by Crippen LogP contribution is 2.42. The van der Waals surface area contributed by atoms with Crippen LogP contribution in [-0.4, -0.2) is 11.9 Å². The Morgan fingerprint density at radius 1 is 0.895 bits per heavy atom. The molecule has 0 aromatic heterocycles.